The fourth-order valence-electron chi connectivity index (χ4n) is 2.58. The van der Waals surface area contributed by atoms with Crippen molar-refractivity contribution in [3.05, 3.63) is 53.8 Å². The molecule has 0 atom stereocenters. The Bertz CT molecular complexity index is 853. The van der Waals surface area contributed by atoms with E-state index >= 15 is 0 Å². The Morgan fingerprint density at radius 2 is 2.04 bits per heavy atom. The number of halogens is 1. The third-order valence-corrected chi connectivity index (χ3v) is 4.00. The normalized spacial score (nSPS) is 13.8. The van der Waals surface area contributed by atoms with Gasteiger partial charge in [0, 0.05) is 35.8 Å². The van der Waals surface area contributed by atoms with Crippen molar-refractivity contribution in [3.63, 3.8) is 0 Å². The highest BCUT2D eigenvalue weighted by atomic mass is 35.5. The van der Waals surface area contributed by atoms with Gasteiger partial charge in [0.2, 0.25) is 0 Å². The number of hydrogen-bond donors (Lipinski definition) is 0. The van der Waals surface area contributed by atoms with E-state index in [1.54, 1.807) is 23.3 Å². The summed E-state index contributed by atoms with van der Waals surface area (Å²) in [5, 5.41) is 0.687. The van der Waals surface area contributed by atoms with E-state index in [-0.39, 0.29) is 0 Å². The maximum absolute atomic E-state index is 5.98. The topological polar surface area (TPSA) is 65.4 Å². The third-order valence-electron chi connectivity index (χ3n) is 3.74. The van der Waals surface area contributed by atoms with Crippen LogP contribution >= 0.6 is 11.6 Å². The number of nitrogens with zero attached hydrogens (tertiary/aromatic N) is 4. The molecule has 122 valence electrons. The lowest BCUT2D eigenvalue weighted by Crippen LogP contribution is -2.01. The number of hydrogen-bond acceptors (Lipinski definition) is 5. The third kappa shape index (κ3) is 3.05. The minimum atomic E-state index is 0.488. The van der Waals surface area contributed by atoms with Crippen molar-refractivity contribution in [3.8, 4) is 17.3 Å². The lowest BCUT2D eigenvalue weighted by molar-refractivity contribution is 0.336. The molecule has 3 aromatic rings. The summed E-state index contributed by atoms with van der Waals surface area (Å²) in [6, 6.07) is 8.05. The van der Waals surface area contributed by atoms with Gasteiger partial charge in [-0.1, -0.05) is 23.7 Å². The summed E-state index contributed by atoms with van der Waals surface area (Å²) in [7, 11) is 0. The number of rotatable bonds is 5. The van der Waals surface area contributed by atoms with Crippen molar-refractivity contribution in [2.24, 2.45) is 4.99 Å². The van der Waals surface area contributed by atoms with Gasteiger partial charge < -0.3 is 9.15 Å². The first-order chi connectivity index (χ1) is 11.8. The molecule has 0 bridgehead atoms. The fourth-order valence-corrected chi connectivity index (χ4v) is 2.70. The summed E-state index contributed by atoms with van der Waals surface area (Å²) in [5.41, 5.74) is 1.76. The second kappa shape index (κ2) is 6.49. The molecule has 1 aliphatic heterocycles. The van der Waals surface area contributed by atoms with Gasteiger partial charge in [-0.15, -0.1) is 0 Å². The maximum atomic E-state index is 5.98. The van der Waals surface area contributed by atoms with Gasteiger partial charge in [0.15, 0.2) is 5.90 Å². The largest absolute Gasteiger partial charge is 0.479 e. The van der Waals surface area contributed by atoms with Crippen molar-refractivity contribution >= 4 is 17.5 Å². The van der Waals surface area contributed by atoms with Crippen LogP contribution in [0.25, 0.3) is 17.3 Å². The molecule has 24 heavy (non-hydrogen) atoms. The van der Waals surface area contributed by atoms with E-state index in [1.165, 1.54) is 0 Å². The molecule has 4 rings (SSSR count). The van der Waals surface area contributed by atoms with E-state index in [2.05, 4.69) is 15.0 Å². The van der Waals surface area contributed by atoms with Crippen LogP contribution in [0.15, 0.2) is 52.4 Å². The van der Waals surface area contributed by atoms with Crippen LogP contribution in [-0.2, 0) is 11.2 Å². The molecule has 6 nitrogen and oxygen atoms in total. The molecular weight excluding hydrogens is 328 g/mol. The summed E-state index contributed by atoms with van der Waals surface area (Å²) < 4.78 is 13.2. The van der Waals surface area contributed by atoms with Gasteiger partial charge >= 0.3 is 6.01 Å². The molecule has 0 amide bonds. The minimum absolute atomic E-state index is 0.488. The molecule has 0 radical (unpaired) electrons. The molecule has 0 saturated carbocycles. The number of aliphatic imine (C=N–C) groups is 1. The van der Waals surface area contributed by atoms with Crippen LogP contribution in [0, 0.1) is 0 Å². The van der Waals surface area contributed by atoms with E-state index in [0.717, 1.165) is 29.5 Å². The number of aryl methyl sites for hydroxylation is 1. The van der Waals surface area contributed by atoms with Crippen molar-refractivity contribution in [2.45, 2.75) is 12.8 Å². The first kappa shape index (κ1) is 15.0. The SMILES string of the molecule is Clc1ccc(-c2nc(-n3ccnc3)oc2CCC2=NCCO2)cc1. The highest BCUT2D eigenvalue weighted by Crippen LogP contribution is 2.28. The van der Waals surface area contributed by atoms with Crippen molar-refractivity contribution in [1.29, 1.82) is 0 Å². The van der Waals surface area contributed by atoms with Crippen LogP contribution in [0.3, 0.4) is 0 Å². The highest BCUT2D eigenvalue weighted by molar-refractivity contribution is 6.30. The number of imidazole rings is 1. The minimum Gasteiger partial charge on any atom is -0.479 e. The van der Waals surface area contributed by atoms with Gasteiger partial charge in [-0.25, -0.2) is 4.98 Å². The van der Waals surface area contributed by atoms with E-state index in [4.69, 9.17) is 20.8 Å². The molecule has 0 fully saturated rings. The Morgan fingerprint density at radius 1 is 1.17 bits per heavy atom. The Hall–Kier alpha value is -2.60. The number of ether oxygens (including phenoxy) is 1. The molecule has 1 aromatic carbocycles. The number of aromatic nitrogens is 3. The van der Waals surface area contributed by atoms with Gasteiger partial charge in [0.25, 0.3) is 0 Å². The van der Waals surface area contributed by atoms with Crippen LogP contribution in [-0.4, -0.2) is 33.6 Å². The first-order valence-electron chi connectivity index (χ1n) is 7.70. The molecule has 1 aliphatic rings. The van der Waals surface area contributed by atoms with Crippen LogP contribution in [0.2, 0.25) is 5.02 Å². The molecular formula is C17H15ClN4O2. The summed E-state index contributed by atoms with van der Waals surface area (Å²) >= 11 is 5.98. The highest BCUT2D eigenvalue weighted by Gasteiger charge is 2.18. The molecule has 2 aromatic heterocycles. The van der Waals surface area contributed by atoms with E-state index in [1.807, 2.05) is 24.3 Å². The zero-order valence-electron chi connectivity index (χ0n) is 12.9. The van der Waals surface area contributed by atoms with E-state index < -0.39 is 0 Å². The smallest absolute Gasteiger partial charge is 0.307 e. The average Bonchev–Trinajstić information content (AvgIpc) is 3.34. The molecule has 3 heterocycles. The van der Waals surface area contributed by atoms with Crippen LogP contribution in [0.1, 0.15) is 12.2 Å². The zero-order chi connectivity index (χ0) is 16.4. The molecule has 7 heteroatoms. The average molecular weight is 343 g/mol. The summed E-state index contributed by atoms with van der Waals surface area (Å²) in [6.07, 6.45) is 6.50. The maximum Gasteiger partial charge on any atom is 0.307 e. The summed E-state index contributed by atoms with van der Waals surface area (Å²) in [6.45, 7) is 1.39. The first-order valence-corrected chi connectivity index (χ1v) is 8.07. The molecule has 0 spiro atoms. The predicted octanol–water partition coefficient (Wildman–Crippen LogP) is 3.54. The number of oxazole rings is 1. The molecule has 0 saturated heterocycles. The Morgan fingerprint density at radius 3 is 2.75 bits per heavy atom. The molecule has 0 aliphatic carbocycles. The van der Waals surface area contributed by atoms with Gasteiger partial charge in [0.05, 0.1) is 6.54 Å². The monoisotopic (exact) mass is 342 g/mol. The predicted molar refractivity (Wildman–Crippen MR) is 90.6 cm³/mol. The Balaban J connectivity index is 1.67. The Kier molecular flexibility index (Phi) is 4.04. The zero-order valence-corrected chi connectivity index (χ0v) is 13.6. The second-order valence-corrected chi connectivity index (χ2v) is 5.81. The lowest BCUT2D eigenvalue weighted by atomic mass is 10.1. The Labute approximate surface area is 143 Å². The molecule has 0 unspecified atom stereocenters. The standard InChI is InChI=1S/C17H15ClN4O2/c18-13-3-1-12(2-4-13)16-14(5-6-15-20-8-10-23-15)24-17(21-16)22-9-7-19-11-22/h1-4,7,9,11H,5-6,8,10H2. The van der Waals surface area contributed by atoms with Crippen LogP contribution in [0.4, 0.5) is 0 Å². The van der Waals surface area contributed by atoms with Gasteiger partial charge in [-0.05, 0) is 12.1 Å². The fraction of sp³-hybridized carbons (Fsp3) is 0.235. The second-order valence-electron chi connectivity index (χ2n) is 5.37. The van der Waals surface area contributed by atoms with E-state index in [9.17, 15) is 0 Å². The number of benzene rings is 1. The van der Waals surface area contributed by atoms with Gasteiger partial charge in [0.1, 0.15) is 24.4 Å². The van der Waals surface area contributed by atoms with Crippen molar-refractivity contribution < 1.29 is 9.15 Å². The lowest BCUT2D eigenvalue weighted by Gasteiger charge is -2.02. The van der Waals surface area contributed by atoms with Gasteiger partial charge in [-0.3, -0.25) is 9.56 Å². The summed E-state index contributed by atoms with van der Waals surface area (Å²) in [4.78, 5) is 13.0. The van der Waals surface area contributed by atoms with Crippen LogP contribution < -0.4 is 0 Å². The van der Waals surface area contributed by atoms with E-state index in [0.29, 0.717) is 30.5 Å². The quantitative estimate of drug-likeness (QED) is 0.711. The summed E-state index contributed by atoms with van der Waals surface area (Å²) in [5.74, 6) is 1.57. The van der Waals surface area contributed by atoms with Gasteiger partial charge in [-0.2, -0.15) is 4.98 Å². The van der Waals surface area contributed by atoms with Crippen LogP contribution in [0.5, 0.6) is 0 Å². The molecule has 0 N–H and O–H groups in total. The van der Waals surface area contributed by atoms with Crippen molar-refractivity contribution in [2.75, 3.05) is 13.2 Å². The van der Waals surface area contributed by atoms with Crippen molar-refractivity contribution in [1.82, 2.24) is 14.5 Å².